The molecule has 0 heterocycles. The average Bonchev–Trinajstić information content (AvgIpc) is 3.55. The summed E-state index contributed by atoms with van der Waals surface area (Å²) in [6.45, 7) is 5.93. The molecule has 0 bridgehead atoms. The van der Waals surface area contributed by atoms with Gasteiger partial charge in [0.1, 0.15) is 0 Å². The van der Waals surface area contributed by atoms with Crippen LogP contribution in [0.25, 0.3) is 0 Å². The molecule has 0 radical (unpaired) electrons. The molecule has 3 rings (SSSR count). The highest BCUT2D eigenvalue weighted by atomic mass is 31.2. The molecule has 3 aliphatic carbocycles. The number of allylic oxidation sites excluding steroid dienone is 12. The Morgan fingerprint density at radius 1 is 0.742 bits per heavy atom. The zero-order valence-corrected chi connectivity index (χ0v) is 19.9. The van der Waals surface area contributed by atoms with Crippen LogP contribution in [0, 0.1) is 17.8 Å². The normalized spacial score (nSPS) is 18.1. The van der Waals surface area contributed by atoms with Crippen molar-refractivity contribution >= 4 is 13.2 Å². The minimum atomic E-state index is -1.15. The second-order valence-electron chi connectivity index (χ2n) is 9.17. The third-order valence-corrected chi connectivity index (χ3v) is 11.5. The Balaban J connectivity index is 1.64. The molecular formula is C28H38O2P+. The van der Waals surface area contributed by atoms with Crippen molar-refractivity contribution < 1.29 is 9.53 Å². The summed E-state index contributed by atoms with van der Waals surface area (Å²) >= 11 is 0. The molecule has 0 fully saturated rings. The summed E-state index contributed by atoms with van der Waals surface area (Å²) in [5.74, 6) is 1.53. The second-order valence-corrected chi connectivity index (χ2v) is 13.6. The predicted octanol–water partition coefficient (Wildman–Crippen LogP) is 6.91. The molecule has 0 aromatic carbocycles. The number of rotatable bonds is 14. The summed E-state index contributed by atoms with van der Waals surface area (Å²) in [7, 11) is -1.15. The SMILES string of the molecule is C=C(C)C(=O)OCCC[P+](CCC1C=CC=C1)(CCC1C=CC=C1)CCC1C=CC=C1. The molecule has 31 heavy (non-hydrogen) atoms. The second kappa shape index (κ2) is 12.2. The molecule has 0 N–H and O–H groups in total. The highest BCUT2D eigenvalue weighted by Gasteiger charge is 2.37. The number of ether oxygens (including phenoxy) is 1. The van der Waals surface area contributed by atoms with Crippen molar-refractivity contribution in [1.29, 1.82) is 0 Å². The highest BCUT2D eigenvalue weighted by Crippen LogP contribution is 2.62. The van der Waals surface area contributed by atoms with Gasteiger partial charge in [0, 0.05) is 19.3 Å². The Kier molecular flexibility index (Phi) is 9.34. The third kappa shape index (κ3) is 7.93. The van der Waals surface area contributed by atoms with Crippen LogP contribution < -0.4 is 0 Å². The van der Waals surface area contributed by atoms with Crippen LogP contribution in [0.3, 0.4) is 0 Å². The van der Waals surface area contributed by atoms with E-state index < -0.39 is 7.26 Å². The zero-order chi connectivity index (χ0) is 21.9. The van der Waals surface area contributed by atoms with Crippen LogP contribution in [0.15, 0.2) is 85.1 Å². The van der Waals surface area contributed by atoms with Crippen LogP contribution in [0.1, 0.15) is 32.6 Å². The predicted molar refractivity (Wildman–Crippen MR) is 136 cm³/mol. The quantitative estimate of drug-likeness (QED) is 0.128. The van der Waals surface area contributed by atoms with Gasteiger partial charge in [0.05, 0.1) is 31.3 Å². The van der Waals surface area contributed by atoms with Gasteiger partial charge in [-0.15, -0.1) is 0 Å². The van der Waals surface area contributed by atoms with Crippen LogP contribution in [-0.4, -0.2) is 37.2 Å². The Hall–Kier alpha value is -1.92. The summed E-state index contributed by atoms with van der Waals surface area (Å²) in [6, 6.07) is 0. The summed E-state index contributed by atoms with van der Waals surface area (Å²) < 4.78 is 5.44. The molecule has 3 heteroatoms. The van der Waals surface area contributed by atoms with E-state index >= 15 is 0 Å². The van der Waals surface area contributed by atoms with Gasteiger partial charge in [0.25, 0.3) is 0 Å². The lowest BCUT2D eigenvalue weighted by Gasteiger charge is -2.30. The van der Waals surface area contributed by atoms with Gasteiger partial charge in [-0.1, -0.05) is 79.5 Å². The summed E-state index contributed by atoms with van der Waals surface area (Å²) in [5.41, 5.74) is 0.487. The molecule has 0 aliphatic heterocycles. The lowest BCUT2D eigenvalue weighted by Crippen LogP contribution is -2.18. The first-order valence-electron chi connectivity index (χ1n) is 11.8. The van der Waals surface area contributed by atoms with Gasteiger partial charge in [-0.2, -0.15) is 0 Å². The molecule has 0 saturated carbocycles. The van der Waals surface area contributed by atoms with Crippen molar-refractivity contribution in [3.05, 3.63) is 85.1 Å². The first-order valence-corrected chi connectivity index (χ1v) is 14.3. The fraction of sp³-hybridized carbons (Fsp3) is 0.464. The summed E-state index contributed by atoms with van der Waals surface area (Å²) in [5, 5.41) is 0. The molecule has 0 aromatic rings. The molecule has 0 saturated heterocycles. The van der Waals surface area contributed by atoms with Crippen molar-refractivity contribution in [3.63, 3.8) is 0 Å². The monoisotopic (exact) mass is 437 g/mol. The lowest BCUT2D eigenvalue weighted by atomic mass is 10.1. The van der Waals surface area contributed by atoms with E-state index in [1.165, 1.54) is 43.9 Å². The number of hydrogen-bond acceptors (Lipinski definition) is 2. The Morgan fingerprint density at radius 2 is 1.13 bits per heavy atom. The maximum atomic E-state index is 11.8. The smallest absolute Gasteiger partial charge is 0.333 e. The first kappa shape index (κ1) is 23.7. The molecule has 166 valence electrons. The van der Waals surface area contributed by atoms with Crippen molar-refractivity contribution in [3.8, 4) is 0 Å². The van der Waals surface area contributed by atoms with E-state index in [9.17, 15) is 4.79 Å². The molecule has 0 amide bonds. The maximum Gasteiger partial charge on any atom is 0.333 e. The van der Waals surface area contributed by atoms with E-state index in [1.807, 2.05) is 0 Å². The molecular weight excluding hydrogens is 399 g/mol. The van der Waals surface area contributed by atoms with Gasteiger partial charge in [0.2, 0.25) is 0 Å². The minimum absolute atomic E-state index is 0.257. The van der Waals surface area contributed by atoms with Gasteiger partial charge in [-0.25, -0.2) is 4.79 Å². The Morgan fingerprint density at radius 3 is 1.48 bits per heavy atom. The Labute approximate surface area is 189 Å². The Bertz CT molecular complexity index is 681. The molecule has 3 aliphatic rings. The number of esters is 1. The van der Waals surface area contributed by atoms with Crippen molar-refractivity contribution in [2.24, 2.45) is 17.8 Å². The average molecular weight is 438 g/mol. The fourth-order valence-electron chi connectivity index (χ4n) is 4.64. The van der Waals surface area contributed by atoms with E-state index in [0.717, 1.165) is 6.42 Å². The van der Waals surface area contributed by atoms with E-state index in [-0.39, 0.29) is 5.97 Å². The largest absolute Gasteiger partial charge is 0.462 e. The highest BCUT2D eigenvalue weighted by molar-refractivity contribution is 7.75. The molecule has 0 unspecified atom stereocenters. The van der Waals surface area contributed by atoms with Crippen LogP contribution in [0.4, 0.5) is 0 Å². The van der Waals surface area contributed by atoms with Gasteiger partial charge in [-0.3, -0.25) is 0 Å². The molecule has 0 spiro atoms. The standard InChI is InChI=1S/C28H38O2P/c1-24(2)28(29)30-19-9-20-31(21-16-25-10-3-4-11-25,22-17-26-12-5-6-13-26)23-18-27-14-7-8-15-27/h3-8,10-15,25-27H,1,9,16-23H2,2H3/q+1. The summed E-state index contributed by atoms with van der Waals surface area (Å²) in [6.07, 6.45) is 37.1. The topological polar surface area (TPSA) is 26.3 Å². The minimum Gasteiger partial charge on any atom is -0.462 e. The fourth-order valence-corrected chi connectivity index (χ4v) is 9.32. The van der Waals surface area contributed by atoms with E-state index in [0.29, 0.717) is 29.9 Å². The number of hydrogen-bond donors (Lipinski definition) is 0. The van der Waals surface area contributed by atoms with Crippen LogP contribution in [0.2, 0.25) is 0 Å². The van der Waals surface area contributed by atoms with Crippen molar-refractivity contribution in [2.45, 2.75) is 32.6 Å². The van der Waals surface area contributed by atoms with Crippen LogP contribution in [-0.2, 0) is 9.53 Å². The first-order chi connectivity index (χ1) is 15.1. The van der Waals surface area contributed by atoms with Crippen LogP contribution >= 0.6 is 7.26 Å². The summed E-state index contributed by atoms with van der Waals surface area (Å²) in [4.78, 5) is 11.8. The molecule has 2 nitrogen and oxygen atoms in total. The van der Waals surface area contributed by atoms with Crippen molar-refractivity contribution in [2.75, 3.05) is 31.3 Å². The maximum absolute atomic E-state index is 11.8. The van der Waals surface area contributed by atoms with E-state index in [1.54, 1.807) is 6.92 Å². The molecule has 0 atom stereocenters. The van der Waals surface area contributed by atoms with Gasteiger partial charge in [-0.05, 0) is 43.9 Å². The van der Waals surface area contributed by atoms with E-state index in [2.05, 4.69) is 79.5 Å². The zero-order valence-electron chi connectivity index (χ0n) is 19.0. The number of carbonyl (C=O) groups is 1. The lowest BCUT2D eigenvalue weighted by molar-refractivity contribution is -0.138. The van der Waals surface area contributed by atoms with Gasteiger partial charge < -0.3 is 4.74 Å². The van der Waals surface area contributed by atoms with Gasteiger partial charge in [0.15, 0.2) is 0 Å². The number of carbonyl (C=O) groups excluding carboxylic acids is 1. The van der Waals surface area contributed by atoms with Crippen LogP contribution in [0.5, 0.6) is 0 Å². The van der Waals surface area contributed by atoms with Gasteiger partial charge >= 0.3 is 5.97 Å². The van der Waals surface area contributed by atoms with E-state index in [4.69, 9.17) is 4.74 Å². The van der Waals surface area contributed by atoms with Crippen molar-refractivity contribution in [1.82, 2.24) is 0 Å². The third-order valence-electron chi connectivity index (χ3n) is 6.65. The molecule has 0 aromatic heterocycles.